The number of phenols is 1. The summed E-state index contributed by atoms with van der Waals surface area (Å²) in [6.07, 6.45) is 27.7. The van der Waals surface area contributed by atoms with Crippen molar-refractivity contribution in [3.63, 3.8) is 0 Å². The number of nitrogens with zero attached hydrogens (tertiary/aromatic N) is 2. The predicted octanol–water partition coefficient (Wildman–Crippen LogP) is 6.35. The third-order valence-corrected chi connectivity index (χ3v) is 8.75. The number of hydrogen-bond acceptors (Lipinski definition) is 3. The lowest BCUT2D eigenvalue weighted by Crippen LogP contribution is -2.32. The lowest BCUT2D eigenvalue weighted by atomic mass is 9.65. The second-order valence-electron chi connectivity index (χ2n) is 11.5. The van der Waals surface area contributed by atoms with Gasteiger partial charge in [0, 0.05) is 24.2 Å². The predicted molar refractivity (Wildman–Crippen MR) is 155 cm³/mol. The average Bonchev–Trinajstić information content (AvgIpc) is 3.09. The molecule has 196 valence electrons. The van der Waals surface area contributed by atoms with Crippen LogP contribution in [0.25, 0.3) is 12.2 Å². The van der Waals surface area contributed by atoms with Crippen molar-refractivity contribution < 1.29 is 5.11 Å². The molecule has 0 amide bonds. The fraction of sp³-hybridized carbons (Fsp3) is 0.606. The normalized spacial score (nSPS) is 27.1. The van der Waals surface area contributed by atoms with Gasteiger partial charge in [0.05, 0.1) is 0 Å². The monoisotopic (exact) mass is 488 g/mol. The second kappa shape index (κ2) is 13.4. The van der Waals surface area contributed by atoms with Gasteiger partial charge in [0.1, 0.15) is 5.75 Å². The number of rotatable bonds is 9. The fourth-order valence-corrected chi connectivity index (χ4v) is 6.56. The zero-order valence-electron chi connectivity index (χ0n) is 23.0. The van der Waals surface area contributed by atoms with Gasteiger partial charge in [0.15, 0.2) is 0 Å². The molecular weight excluding hydrogens is 440 g/mol. The Morgan fingerprint density at radius 1 is 1.06 bits per heavy atom. The van der Waals surface area contributed by atoms with E-state index in [0.29, 0.717) is 17.6 Å². The summed E-state index contributed by atoms with van der Waals surface area (Å²) < 4.78 is 0. The van der Waals surface area contributed by atoms with Crippen LogP contribution in [0.5, 0.6) is 5.75 Å². The zero-order valence-corrected chi connectivity index (χ0v) is 23.0. The molecule has 36 heavy (non-hydrogen) atoms. The van der Waals surface area contributed by atoms with E-state index in [9.17, 15) is 5.11 Å². The van der Waals surface area contributed by atoms with Crippen LogP contribution < -0.4 is 10.4 Å². The Morgan fingerprint density at radius 3 is 2.61 bits per heavy atom. The molecule has 2 saturated carbocycles. The van der Waals surface area contributed by atoms with Gasteiger partial charge in [-0.2, -0.15) is 0 Å². The van der Waals surface area contributed by atoms with Gasteiger partial charge in [-0.3, -0.25) is 4.99 Å². The van der Waals surface area contributed by atoms with Crippen LogP contribution in [-0.4, -0.2) is 42.9 Å². The Morgan fingerprint density at radius 2 is 1.89 bits per heavy atom. The summed E-state index contributed by atoms with van der Waals surface area (Å²) >= 11 is 0. The SMILES string of the molecule is CC=c1ccc(O)c(C2CCCCC2)c1=CCCC1CCC1C1C=CCC(=NCCCN(C)C)C=C1. The van der Waals surface area contributed by atoms with E-state index in [-0.39, 0.29) is 0 Å². The van der Waals surface area contributed by atoms with E-state index in [4.69, 9.17) is 4.99 Å². The maximum absolute atomic E-state index is 10.8. The van der Waals surface area contributed by atoms with E-state index in [0.717, 1.165) is 44.2 Å². The van der Waals surface area contributed by atoms with Crippen molar-refractivity contribution in [3.05, 3.63) is 52.4 Å². The van der Waals surface area contributed by atoms with Crippen molar-refractivity contribution in [2.45, 2.75) is 83.5 Å². The van der Waals surface area contributed by atoms with Gasteiger partial charge in [0.25, 0.3) is 0 Å². The van der Waals surface area contributed by atoms with Crippen LogP contribution in [0.1, 0.15) is 89.0 Å². The third-order valence-electron chi connectivity index (χ3n) is 8.75. The van der Waals surface area contributed by atoms with Crippen LogP contribution in [-0.2, 0) is 0 Å². The number of hydrogen-bond donors (Lipinski definition) is 1. The van der Waals surface area contributed by atoms with Crippen molar-refractivity contribution in [2.24, 2.45) is 22.7 Å². The highest BCUT2D eigenvalue weighted by molar-refractivity contribution is 5.96. The largest absolute Gasteiger partial charge is 0.508 e. The summed E-state index contributed by atoms with van der Waals surface area (Å²) in [5.74, 6) is 3.13. The first-order valence-corrected chi connectivity index (χ1v) is 14.6. The van der Waals surface area contributed by atoms with Gasteiger partial charge in [0.2, 0.25) is 0 Å². The summed E-state index contributed by atoms with van der Waals surface area (Å²) in [4.78, 5) is 7.08. The number of allylic oxidation sites excluding steroid dienone is 4. The number of aromatic hydroxyl groups is 1. The second-order valence-corrected chi connectivity index (χ2v) is 11.5. The molecule has 3 heteroatoms. The van der Waals surface area contributed by atoms with E-state index in [1.165, 1.54) is 73.1 Å². The molecule has 0 spiro atoms. The Labute approximate surface area is 219 Å². The van der Waals surface area contributed by atoms with E-state index in [1.807, 2.05) is 6.07 Å². The maximum Gasteiger partial charge on any atom is 0.119 e. The maximum atomic E-state index is 10.8. The smallest absolute Gasteiger partial charge is 0.119 e. The summed E-state index contributed by atoms with van der Waals surface area (Å²) in [7, 11) is 4.25. The van der Waals surface area contributed by atoms with Crippen LogP contribution in [0, 0.1) is 17.8 Å². The van der Waals surface area contributed by atoms with Crippen molar-refractivity contribution in [3.8, 4) is 5.75 Å². The number of aliphatic imine (C=N–C) groups is 1. The first kappa shape index (κ1) is 26.9. The number of benzene rings is 1. The van der Waals surface area contributed by atoms with Crippen molar-refractivity contribution >= 4 is 17.9 Å². The third kappa shape index (κ3) is 7.00. The van der Waals surface area contributed by atoms with Crippen molar-refractivity contribution in [2.75, 3.05) is 27.2 Å². The van der Waals surface area contributed by atoms with Gasteiger partial charge in [-0.1, -0.05) is 55.7 Å². The average molecular weight is 489 g/mol. The molecule has 1 aromatic carbocycles. The molecule has 0 aromatic heterocycles. The van der Waals surface area contributed by atoms with Gasteiger partial charge in [-0.15, -0.1) is 0 Å². The molecule has 0 saturated heterocycles. The molecular formula is C33H48N2O. The molecule has 0 heterocycles. The molecule has 1 N–H and O–H groups in total. The van der Waals surface area contributed by atoms with Gasteiger partial charge in [-0.05, 0) is 119 Å². The fourth-order valence-electron chi connectivity index (χ4n) is 6.56. The van der Waals surface area contributed by atoms with Crippen LogP contribution >= 0.6 is 0 Å². The highest BCUT2D eigenvalue weighted by atomic mass is 16.3. The lowest BCUT2D eigenvalue weighted by molar-refractivity contribution is 0.139. The van der Waals surface area contributed by atoms with Crippen molar-refractivity contribution in [1.29, 1.82) is 0 Å². The summed E-state index contributed by atoms with van der Waals surface area (Å²) in [5.41, 5.74) is 2.46. The molecule has 0 bridgehead atoms. The molecule has 3 atom stereocenters. The Balaban J connectivity index is 1.39. The van der Waals surface area contributed by atoms with E-state index in [2.05, 4.69) is 68.4 Å². The van der Waals surface area contributed by atoms with E-state index < -0.39 is 0 Å². The van der Waals surface area contributed by atoms with Gasteiger partial charge >= 0.3 is 0 Å². The Hall–Kier alpha value is -2.13. The molecule has 2 fully saturated rings. The highest BCUT2D eigenvalue weighted by Crippen LogP contribution is 2.44. The summed E-state index contributed by atoms with van der Waals surface area (Å²) in [6.45, 7) is 4.15. The summed E-state index contributed by atoms with van der Waals surface area (Å²) in [6, 6.07) is 4.02. The zero-order chi connectivity index (χ0) is 25.3. The van der Waals surface area contributed by atoms with E-state index in [1.54, 1.807) is 0 Å². The first-order chi connectivity index (χ1) is 17.6. The lowest BCUT2D eigenvalue weighted by Gasteiger charge is -2.40. The molecule has 0 aliphatic heterocycles. The van der Waals surface area contributed by atoms with Crippen LogP contribution in [0.4, 0.5) is 0 Å². The first-order valence-electron chi connectivity index (χ1n) is 14.6. The van der Waals surface area contributed by atoms with E-state index >= 15 is 0 Å². The molecule has 3 aliphatic rings. The van der Waals surface area contributed by atoms with Crippen LogP contribution in [0.3, 0.4) is 0 Å². The molecule has 1 aromatic rings. The minimum atomic E-state index is 0.508. The van der Waals surface area contributed by atoms with Crippen LogP contribution in [0.2, 0.25) is 0 Å². The molecule has 3 nitrogen and oxygen atoms in total. The Kier molecular flexibility index (Phi) is 10.0. The quantitative estimate of drug-likeness (QED) is 0.325. The highest BCUT2D eigenvalue weighted by Gasteiger charge is 2.34. The molecule has 3 aliphatic carbocycles. The van der Waals surface area contributed by atoms with Crippen molar-refractivity contribution in [1.82, 2.24) is 4.90 Å². The molecule has 3 unspecified atom stereocenters. The standard InChI is InChI=1S/C33H48N2O/c1-4-25-19-22-32(36)33(28-11-6-5-7-12-28)31(25)16-9-14-27-18-21-30(27)26-13-8-15-29(20-17-26)34-23-10-24-35(2)3/h4,8,13,16-17,19-20,22,26-28,30,36H,5-7,9-12,14-15,18,21,23-24H2,1-3H3. The van der Waals surface area contributed by atoms with Gasteiger partial charge < -0.3 is 10.0 Å². The minimum absolute atomic E-state index is 0.508. The van der Waals surface area contributed by atoms with Gasteiger partial charge in [-0.25, -0.2) is 0 Å². The number of phenolic OH excluding ortho intramolecular Hbond substituents is 1. The molecule has 4 rings (SSSR count). The summed E-state index contributed by atoms with van der Waals surface area (Å²) in [5, 5.41) is 13.4. The van der Waals surface area contributed by atoms with Crippen LogP contribution in [0.15, 0.2) is 41.4 Å². The minimum Gasteiger partial charge on any atom is -0.508 e. The Bertz CT molecular complexity index is 1060. The topological polar surface area (TPSA) is 35.8 Å². The molecule has 0 radical (unpaired) electrons.